The minimum absolute atomic E-state index is 0.0728. The van der Waals surface area contributed by atoms with Gasteiger partial charge in [-0.25, -0.2) is 0 Å². The lowest BCUT2D eigenvalue weighted by molar-refractivity contribution is -0.386. The van der Waals surface area contributed by atoms with Crippen LogP contribution in [0.3, 0.4) is 0 Å². The second-order valence-corrected chi connectivity index (χ2v) is 5.26. The van der Waals surface area contributed by atoms with Crippen LogP contribution in [0, 0.1) is 10.1 Å². The van der Waals surface area contributed by atoms with Crippen LogP contribution in [0.15, 0.2) is 24.3 Å². The Balaban J connectivity index is 2.39. The van der Waals surface area contributed by atoms with Gasteiger partial charge in [0.2, 0.25) is 0 Å². The summed E-state index contributed by atoms with van der Waals surface area (Å²) in [7, 11) is 1.87. The Hall–Kier alpha value is -1.50. The fourth-order valence-corrected chi connectivity index (χ4v) is 3.00. The molecule has 2 atom stereocenters. The number of ether oxygens (including phenoxy) is 1. The van der Waals surface area contributed by atoms with E-state index in [1.807, 2.05) is 19.2 Å². The summed E-state index contributed by atoms with van der Waals surface area (Å²) >= 11 is 0. The van der Waals surface area contributed by atoms with Gasteiger partial charge >= 0.3 is 0 Å². The van der Waals surface area contributed by atoms with Gasteiger partial charge in [-0.3, -0.25) is 15.0 Å². The van der Waals surface area contributed by atoms with E-state index in [0.29, 0.717) is 13.2 Å². The zero-order chi connectivity index (χ0) is 15.2. The van der Waals surface area contributed by atoms with Crippen molar-refractivity contribution in [2.75, 3.05) is 33.3 Å². The van der Waals surface area contributed by atoms with Gasteiger partial charge in [0, 0.05) is 24.7 Å². The first-order valence-corrected chi connectivity index (χ1v) is 7.42. The van der Waals surface area contributed by atoms with Gasteiger partial charge in [0.15, 0.2) is 0 Å². The monoisotopic (exact) mass is 293 g/mol. The smallest absolute Gasteiger partial charge is 0.274 e. The van der Waals surface area contributed by atoms with Crippen LogP contribution >= 0.6 is 0 Å². The Morgan fingerprint density at radius 2 is 2.24 bits per heavy atom. The predicted octanol–water partition coefficient (Wildman–Crippen LogP) is 1.97. The third kappa shape index (κ3) is 3.58. The van der Waals surface area contributed by atoms with Crippen molar-refractivity contribution in [3.8, 4) is 0 Å². The van der Waals surface area contributed by atoms with Gasteiger partial charge in [-0.15, -0.1) is 0 Å². The summed E-state index contributed by atoms with van der Waals surface area (Å²) in [6.45, 7) is 5.20. The molecular weight excluding hydrogens is 270 g/mol. The van der Waals surface area contributed by atoms with Gasteiger partial charge in [-0.05, 0) is 20.0 Å². The normalized spacial score (nSPS) is 23.1. The van der Waals surface area contributed by atoms with Crippen molar-refractivity contribution in [3.63, 3.8) is 0 Å². The lowest BCUT2D eigenvalue weighted by atomic mass is 9.96. The van der Waals surface area contributed by atoms with E-state index < -0.39 is 0 Å². The lowest BCUT2D eigenvalue weighted by Crippen LogP contribution is -2.49. The molecule has 1 aromatic rings. The van der Waals surface area contributed by atoms with E-state index in [2.05, 4.69) is 17.1 Å². The minimum atomic E-state index is -0.301. The maximum Gasteiger partial charge on any atom is 0.274 e. The van der Waals surface area contributed by atoms with E-state index in [1.54, 1.807) is 12.1 Å². The number of nitro groups is 1. The molecule has 0 aliphatic carbocycles. The Morgan fingerprint density at radius 1 is 1.48 bits per heavy atom. The molecule has 0 bridgehead atoms. The molecule has 6 heteroatoms. The molecule has 116 valence electrons. The molecule has 21 heavy (non-hydrogen) atoms. The van der Waals surface area contributed by atoms with E-state index in [9.17, 15) is 10.1 Å². The average molecular weight is 293 g/mol. The summed E-state index contributed by atoms with van der Waals surface area (Å²) in [4.78, 5) is 13.3. The quantitative estimate of drug-likeness (QED) is 0.641. The third-order valence-electron chi connectivity index (χ3n) is 3.82. The van der Waals surface area contributed by atoms with E-state index in [-0.39, 0.29) is 22.8 Å². The molecule has 2 unspecified atom stereocenters. The third-order valence-corrected chi connectivity index (χ3v) is 3.82. The fourth-order valence-electron chi connectivity index (χ4n) is 3.00. The summed E-state index contributed by atoms with van der Waals surface area (Å²) in [5, 5.41) is 14.5. The molecule has 0 amide bonds. The molecule has 1 heterocycles. The predicted molar refractivity (Wildman–Crippen MR) is 81.4 cm³/mol. The number of morpholine rings is 1. The molecule has 1 aromatic carbocycles. The highest BCUT2D eigenvalue weighted by atomic mass is 16.6. The van der Waals surface area contributed by atoms with E-state index >= 15 is 0 Å². The van der Waals surface area contributed by atoms with Crippen LogP contribution in [0.2, 0.25) is 0 Å². The van der Waals surface area contributed by atoms with Crippen LogP contribution in [0.1, 0.15) is 24.9 Å². The van der Waals surface area contributed by atoms with Gasteiger partial charge in [-0.1, -0.05) is 25.1 Å². The van der Waals surface area contributed by atoms with Crippen molar-refractivity contribution >= 4 is 5.69 Å². The summed E-state index contributed by atoms with van der Waals surface area (Å²) in [6.07, 6.45) is 0.944. The zero-order valence-corrected chi connectivity index (χ0v) is 12.6. The highest BCUT2D eigenvalue weighted by Gasteiger charge is 2.36. The molecule has 0 aromatic heterocycles. The first-order chi connectivity index (χ1) is 10.2. The van der Waals surface area contributed by atoms with E-state index in [1.165, 1.54) is 0 Å². The molecular formula is C15H23N3O3. The maximum absolute atomic E-state index is 11.3. The minimum Gasteiger partial charge on any atom is -0.374 e. The van der Waals surface area contributed by atoms with Crippen LogP contribution < -0.4 is 5.32 Å². The second-order valence-electron chi connectivity index (χ2n) is 5.26. The largest absolute Gasteiger partial charge is 0.374 e. The summed E-state index contributed by atoms with van der Waals surface area (Å²) < 4.78 is 5.87. The summed E-state index contributed by atoms with van der Waals surface area (Å²) in [5.74, 6) is 0. The Bertz CT molecular complexity index is 463. The summed E-state index contributed by atoms with van der Waals surface area (Å²) in [5.41, 5.74) is 0.922. The number of hydrogen-bond donors (Lipinski definition) is 1. The Morgan fingerprint density at radius 3 is 2.90 bits per heavy atom. The number of rotatable bonds is 6. The van der Waals surface area contributed by atoms with Gasteiger partial charge in [0.1, 0.15) is 0 Å². The molecule has 1 aliphatic heterocycles. The van der Waals surface area contributed by atoms with Crippen molar-refractivity contribution in [3.05, 3.63) is 39.9 Å². The molecule has 1 saturated heterocycles. The highest BCUT2D eigenvalue weighted by molar-refractivity contribution is 5.43. The molecule has 0 saturated carbocycles. The molecule has 2 rings (SSSR count). The first kappa shape index (κ1) is 15.9. The van der Waals surface area contributed by atoms with Gasteiger partial charge in [-0.2, -0.15) is 0 Å². The van der Waals surface area contributed by atoms with Crippen molar-refractivity contribution in [2.24, 2.45) is 0 Å². The lowest BCUT2D eigenvalue weighted by Gasteiger charge is -2.41. The van der Waals surface area contributed by atoms with Crippen LogP contribution in [-0.2, 0) is 4.74 Å². The van der Waals surface area contributed by atoms with Crippen LogP contribution in [-0.4, -0.2) is 49.2 Å². The Labute approximate surface area is 125 Å². The molecule has 1 aliphatic rings. The van der Waals surface area contributed by atoms with Crippen molar-refractivity contribution in [1.29, 1.82) is 0 Å². The molecule has 1 N–H and O–H groups in total. The van der Waals surface area contributed by atoms with Crippen molar-refractivity contribution < 1.29 is 9.66 Å². The maximum atomic E-state index is 11.3. The van der Waals surface area contributed by atoms with Gasteiger partial charge in [0.05, 0.1) is 23.7 Å². The number of likely N-dealkylation sites (N-methyl/N-ethyl adjacent to an activating group) is 1. The average Bonchev–Trinajstić information content (AvgIpc) is 2.48. The Kier molecular flexibility index (Phi) is 5.67. The number of nitro benzene ring substituents is 1. The zero-order valence-electron chi connectivity index (χ0n) is 12.6. The van der Waals surface area contributed by atoms with Crippen LogP contribution in [0.25, 0.3) is 0 Å². The molecule has 6 nitrogen and oxygen atoms in total. The van der Waals surface area contributed by atoms with E-state index in [0.717, 1.165) is 25.1 Å². The van der Waals surface area contributed by atoms with Gasteiger partial charge in [0.25, 0.3) is 5.69 Å². The molecule has 0 spiro atoms. The number of nitrogens with zero attached hydrogens (tertiary/aromatic N) is 2. The standard InChI is InChI=1S/C15H23N3O3/c1-3-8-17-9-10-21-14(11-16-2)15(17)12-6-4-5-7-13(12)18(19)20/h4-7,14-16H,3,8-11H2,1-2H3. The van der Waals surface area contributed by atoms with Crippen LogP contribution in [0.4, 0.5) is 5.69 Å². The highest BCUT2D eigenvalue weighted by Crippen LogP contribution is 2.34. The molecule has 1 fully saturated rings. The fraction of sp³-hybridized carbons (Fsp3) is 0.600. The van der Waals surface area contributed by atoms with Gasteiger partial charge < -0.3 is 10.1 Å². The summed E-state index contributed by atoms with van der Waals surface area (Å²) in [6, 6.07) is 6.92. The topological polar surface area (TPSA) is 67.6 Å². The first-order valence-electron chi connectivity index (χ1n) is 7.42. The second kappa shape index (κ2) is 7.49. The van der Waals surface area contributed by atoms with E-state index in [4.69, 9.17) is 4.74 Å². The van der Waals surface area contributed by atoms with Crippen LogP contribution in [0.5, 0.6) is 0 Å². The number of hydrogen-bond acceptors (Lipinski definition) is 5. The van der Waals surface area contributed by atoms with Crippen molar-refractivity contribution in [1.82, 2.24) is 10.2 Å². The van der Waals surface area contributed by atoms with Crippen molar-refractivity contribution in [2.45, 2.75) is 25.5 Å². The number of benzene rings is 1. The SMILES string of the molecule is CCCN1CCOC(CNC)C1c1ccccc1[N+](=O)[O-]. The number of nitrogens with one attached hydrogen (secondary N) is 1. The number of para-hydroxylation sites is 1. The molecule has 0 radical (unpaired) electrons.